The normalized spacial score (nSPS) is 13.7. The molecule has 7 heteroatoms. The summed E-state index contributed by atoms with van der Waals surface area (Å²) in [4.78, 5) is 36.5. The van der Waals surface area contributed by atoms with Gasteiger partial charge in [0.05, 0.1) is 12.7 Å². The molecule has 1 fully saturated rings. The van der Waals surface area contributed by atoms with E-state index in [1.807, 2.05) is 24.3 Å². The first-order chi connectivity index (χ1) is 15.5. The van der Waals surface area contributed by atoms with E-state index in [-0.39, 0.29) is 0 Å². The van der Waals surface area contributed by atoms with Gasteiger partial charge < -0.3 is 20.3 Å². The Kier molecular flexibility index (Phi) is 8.01. The lowest BCUT2D eigenvalue weighted by atomic mass is 9.96. The number of hydrogen-bond donors (Lipinski definition) is 2. The summed E-state index contributed by atoms with van der Waals surface area (Å²) < 4.78 is 5.82. The molecule has 0 bridgehead atoms. The van der Waals surface area contributed by atoms with Crippen molar-refractivity contribution >= 4 is 18.2 Å². The summed E-state index contributed by atoms with van der Waals surface area (Å²) in [6.45, 7) is 0.630. The first kappa shape index (κ1) is 23.0. The zero-order chi connectivity index (χ0) is 22.9. The van der Waals surface area contributed by atoms with Crippen molar-refractivity contribution in [2.24, 2.45) is 0 Å². The number of carbonyl (C=O) groups excluding carboxylic acids is 3. The third-order valence-corrected chi connectivity index (χ3v) is 5.40. The molecule has 1 aliphatic carbocycles. The quantitative estimate of drug-likeness (QED) is 0.379. The van der Waals surface area contributed by atoms with Crippen molar-refractivity contribution in [2.45, 2.75) is 38.1 Å². The minimum absolute atomic E-state index is 0.385. The Labute approximate surface area is 188 Å². The first-order valence-electron chi connectivity index (χ1n) is 10.5. The number of ether oxygens (including phenoxy) is 1. The summed E-state index contributed by atoms with van der Waals surface area (Å²) in [6.07, 6.45) is 3.30. The second-order valence-corrected chi connectivity index (χ2v) is 7.61. The molecule has 1 unspecified atom stereocenters. The third kappa shape index (κ3) is 5.96. The van der Waals surface area contributed by atoms with Crippen molar-refractivity contribution < 1.29 is 19.1 Å². The lowest BCUT2D eigenvalue weighted by molar-refractivity contribution is -0.128. The zero-order valence-electron chi connectivity index (χ0n) is 18.3. The molecule has 2 N–H and O–H groups in total. The van der Waals surface area contributed by atoms with Gasteiger partial charge in [0.1, 0.15) is 0 Å². The van der Waals surface area contributed by atoms with E-state index in [0.29, 0.717) is 24.7 Å². The molecule has 0 saturated heterocycles. The second kappa shape index (κ2) is 11.1. The lowest BCUT2D eigenvalue weighted by Crippen LogP contribution is -2.54. The molecule has 0 aliphatic heterocycles. The molecule has 3 amide bonds. The van der Waals surface area contributed by atoms with Crippen LogP contribution >= 0.6 is 0 Å². The number of carbonyl (C=O) groups is 3. The van der Waals surface area contributed by atoms with E-state index in [9.17, 15) is 14.4 Å². The van der Waals surface area contributed by atoms with Crippen molar-refractivity contribution in [1.82, 2.24) is 15.5 Å². The monoisotopic (exact) mass is 433 g/mol. The predicted octanol–water partition coefficient (Wildman–Crippen LogP) is 2.05. The van der Waals surface area contributed by atoms with E-state index in [0.717, 1.165) is 29.5 Å². The van der Waals surface area contributed by atoms with Crippen LogP contribution in [0.2, 0.25) is 0 Å². The molecule has 166 valence electrons. The van der Waals surface area contributed by atoms with Gasteiger partial charge >= 0.3 is 0 Å². The van der Waals surface area contributed by atoms with Crippen LogP contribution in [-0.2, 0) is 20.9 Å². The number of benzene rings is 2. The maximum Gasteiger partial charge on any atom is 0.263 e. The smallest absolute Gasteiger partial charge is 0.263 e. The van der Waals surface area contributed by atoms with E-state index >= 15 is 0 Å². The summed E-state index contributed by atoms with van der Waals surface area (Å²) in [5.74, 6) is 5.32. The zero-order valence-corrected chi connectivity index (χ0v) is 18.3. The van der Waals surface area contributed by atoms with Crippen LogP contribution in [0.1, 0.15) is 46.3 Å². The fourth-order valence-corrected chi connectivity index (χ4v) is 3.16. The van der Waals surface area contributed by atoms with Crippen LogP contribution in [0.15, 0.2) is 48.5 Å². The Morgan fingerprint density at radius 1 is 1.09 bits per heavy atom. The highest BCUT2D eigenvalue weighted by Gasteiger charge is 2.26. The number of amides is 3. The van der Waals surface area contributed by atoms with Crippen LogP contribution in [0, 0.1) is 11.8 Å². The van der Waals surface area contributed by atoms with E-state index in [1.54, 1.807) is 24.3 Å². The largest absolute Gasteiger partial charge is 0.374 e. The minimum atomic E-state index is -1.09. The van der Waals surface area contributed by atoms with Gasteiger partial charge in [-0.1, -0.05) is 24.0 Å². The van der Waals surface area contributed by atoms with Gasteiger partial charge in [-0.15, -0.1) is 0 Å². The summed E-state index contributed by atoms with van der Waals surface area (Å²) in [7, 11) is 2.89. The number of nitrogens with zero attached hydrogens (tertiary/aromatic N) is 1. The summed E-state index contributed by atoms with van der Waals surface area (Å²) in [5.41, 5.74) is 3.17. The van der Waals surface area contributed by atoms with Crippen molar-refractivity contribution in [3.8, 4) is 11.8 Å². The number of nitrogens with one attached hydrogen (secondary N) is 2. The number of rotatable bonds is 8. The maximum absolute atomic E-state index is 12.7. The van der Waals surface area contributed by atoms with Crippen LogP contribution < -0.4 is 10.6 Å². The van der Waals surface area contributed by atoms with Crippen LogP contribution in [0.5, 0.6) is 0 Å². The van der Waals surface area contributed by atoms with Crippen molar-refractivity contribution in [3.05, 3.63) is 70.8 Å². The molecule has 1 atom stereocenters. The highest BCUT2D eigenvalue weighted by atomic mass is 16.5. The Bertz CT molecular complexity index is 1000. The fourth-order valence-electron chi connectivity index (χ4n) is 3.16. The molecule has 0 radical (unpaired) electrons. The van der Waals surface area contributed by atoms with Gasteiger partial charge in [0.2, 0.25) is 6.41 Å². The van der Waals surface area contributed by atoms with E-state index in [4.69, 9.17) is 4.74 Å². The highest BCUT2D eigenvalue weighted by Crippen LogP contribution is 2.23. The molecule has 0 heterocycles. The van der Waals surface area contributed by atoms with Crippen molar-refractivity contribution in [3.63, 3.8) is 0 Å². The average Bonchev–Trinajstić information content (AvgIpc) is 2.80. The van der Waals surface area contributed by atoms with E-state index < -0.39 is 18.0 Å². The molecule has 0 aromatic heterocycles. The van der Waals surface area contributed by atoms with Crippen molar-refractivity contribution in [1.29, 1.82) is 0 Å². The molecule has 2 aromatic carbocycles. The Morgan fingerprint density at radius 3 is 2.19 bits per heavy atom. The van der Waals surface area contributed by atoms with Gasteiger partial charge in [0, 0.05) is 30.8 Å². The van der Waals surface area contributed by atoms with Gasteiger partial charge in [0.15, 0.2) is 6.17 Å². The maximum atomic E-state index is 12.7. The first-order valence-corrected chi connectivity index (χ1v) is 10.5. The van der Waals surface area contributed by atoms with Crippen LogP contribution in [0.4, 0.5) is 0 Å². The second-order valence-electron chi connectivity index (χ2n) is 7.61. The highest BCUT2D eigenvalue weighted by molar-refractivity contribution is 5.97. The van der Waals surface area contributed by atoms with Gasteiger partial charge in [0.25, 0.3) is 11.8 Å². The molecule has 0 spiro atoms. The molecular formula is C25H27N3O4. The molecule has 2 aromatic rings. The van der Waals surface area contributed by atoms with E-state index in [2.05, 4.69) is 22.5 Å². The van der Waals surface area contributed by atoms with Gasteiger partial charge in [-0.05, 0) is 61.2 Å². The average molecular weight is 434 g/mol. The summed E-state index contributed by atoms with van der Waals surface area (Å²) in [5, 5.41) is 4.76. The lowest BCUT2D eigenvalue weighted by Gasteiger charge is -2.26. The van der Waals surface area contributed by atoms with Crippen molar-refractivity contribution in [2.75, 3.05) is 14.1 Å². The van der Waals surface area contributed by atoms with Gasteiger partial charge in [-0.3, -0.25) is 14.4 Å². The Balaban J connectivity index is 1.60. The third-order valence-electron chi connectivity index (χ3n) is 5.40. The van der Waals surface area contributed by atoms with Crippen LogP contribution in [0.3, 0.4) is 0 Å². The molecule has 1 aliphatic rings. The molecule has 7 nitrogen and oxygen atoms in total. The molecule has 32 heavy (non-hydrogen) atoms. The predicted molar refractivity (Wildman–Crippen MR) is 120 cm³/mol. The van der Waals surface area contributed by atoms with E-state index in [1.165, 1.54) is 25.4 Å². The Morgan fingerprint density at radius 2 is 1.69 bits per heavy atom. The minimum Gasteiger partial charge on any atom is -0.374 e. The molecule has 1 saturated carbocycles. The van der Waals surface area contributed by atoms with Gasteiger partial charge in [-0.2, -0.15) is 0 Å². The van der Waals surface area contributed by atoms with Gasteiger partial charge in [-0.25, -0.2) is 0 Å². The summed E-state index contributed by atoms with van der Waals surface area (Å²) in [6, 6.07) is 14.8. The standard InChI is InChI=1S/C25H27N3O4/c1-26-24(30)23(27-17-29)28(2)25(31)21-14-12-19(13-15-21)7-6-18-8-10-20(11-9-18)16-32-22-4-3-5-22/h8-15,17,22-23H,3-5,16H2,1-2H3,(H,26,30)(H,27,29). The van der Waals surface area contributed by atoms with Crippen LogP contribution in [0.25, 0.3) is 0 Å². The molecule has 3 rings (SSSR count). The summed E-state index contributed by atoms with van der Waals surface area (Å²) >= 11 is 0. The Hall–Kier alpha value is -3.63. The van der Waals surface area contributed by atoms with Crippen LogP contribution in [-0.4, -0.2) is 49.5 Å². The number of hydrogen-bond acceptors (Lipinski definition) is 4. The fraction of sp³-hybridized carbons (Fsp3) is 0.320. The molecular weight excluding hydrogens is 406 g/mol. The number of likely N-dealkylation sites (N-methyl/N-ethyl adjacent to an activating group) is 2. The topological polar surface area (TPSA) is 87.7 Å². The SMILES string of the molecule is CNC(=O)C(NC=O)N(C)C(=O)c1ccc(C#Cc2ccc(COC3CCC3)cc2)cc1.